The van der Waals surface area contributed by atoms with Crippen molar-refractivity contribution in [3.05, 3.63) is 28.5 Å². The maximum absolute atomic E-state index is 12.5. The summed E-state index contributed by atoms with van der Waals surface area (Å²) in [5.41, 5.74) is -1.42. The number of carbonyl (C=O) groups is 1. The van der Waals surface area contributed by atoms with Crippen LogP contribution >= 0.6 is 11.6 Å². The van der Waals surface area contributed by atoms with E-state index in [0.717, 1.165) is 13.2 Å². The van der Waals surface area contributed by atoms with Crippen molar-refractivity contribution in [3.8, 4) is 0 Å². The number of aromatic nitrogens is 1. The van der Waals surface area contributed by atoms with Gasteiger partial charge in [-0.25, -0.2) is 4.98 Å². The Bertz CT molecular complexity index is 406. The third-order valence-electron chi connectivity index (χ3n) is 1.78. The third-order valence-corrected chi connectivity index (χ3v) is 1.99. The summed E-state index contributed by atoms with van der Waals surface area (Å²) in [6.45, 7) is 0. The molecule has 0 saturated heterocycles. The van der Waals surface area contributed by atoms with Gasteiger partial charge in [0.15, 0.2) is 0 Å². The van der Waals surface area contributed by atoms with Crippen molar-refractivity contribution >= 4 is 17.6 Å². The van der Waals surface area contributed by atoms with Crippen molar-refractivity contribution in [2.45, 2.75) is 12.6 Å². The number of hydrogen-bond donors (Lipinski definition) is 0. The van der Waals surface area contributed by atoms with Gasteiger partial charge < -0.3 is 4.74 Å². The Morgan fingerprint density at radius 2 is 2.12 bits per heavy atom. The van der Waals surface area contributed by atoms with E-state index in [-0.39, 0.29) is 10.7 Å². The average molecular weight is 254 g/mol. The molecule has 0 aliphatic rings. The van der Waals surface area contributed by atoms with E-state index in [9.17, 15) is 18.0 Å². The first-order valence-corrected chi connectivity index (χ1v) is 4.52. The molecule has 0 N–H and O–H groups in total. The second-order valence-corrected chi connectivity index (χ2v) is 3.28. The number of esters is 1. The maximum atomic E-state index is 12.5. The van der Waals surface area contributed by atoms with Gasteiger partial charge in [0.05, 0.1) is 13.5 Å². The Hall–Kier alpha value is -1.30. The predicted octanol–water partition coefficient (Wildman–Crippen LogP) is 2.47. The summed E-state index contributed by atoms with van der Waals surface area (Å²) >= 11 is 5.37. The highest BCUT2D eigenvalue weighted by atomic mass is 35.5. The first kappa shape index (κ1) is 12.8. The van der Waals surface area contributed by atoms with E-state index in [0.29, 0.717) is 0 Å². The lowest BCUT2D eigenvalue weighted by Crippen LogP contribution is -2.15. The molecular weight excluding hydrogens is 247 g/mol. The molecule has 0 atom stereocenters. The van der Waals surface area contributed by atoms with Crippen LogP contribution < -0.4 is 0 Å². The van der Waals surface area contributed by atoms with Gasteiger partial charge in [0, 0.05) is 0 Å². The minimum Gasteiger partial charge on any atom is -0.469 e. The minimum atomic E-state index is -4.64. The van der Waals surface area contributed by atoms with Gasteiger partial charge in [-0.15, -0.1) is 0 Å². The lowest BCUT2D eigenvalue weighted by atomic mass is 10.1. The lowest BCUT2D eigenvalue weighted by molar-refractivity contribution is -0.143. The van der Waals surface area contributed by atoms with Crippen molar-refractivity contribution in [1.82, 2.24) is 4.98 Å². The Morgan fingerprint density at radius 1 is 1.50 bits per heavy atom. The van der Waals surface area contributed by atoms with E-state index < -0.39 is 24.3 Å². The molecule has 0 radical (unpaired) electrons. The molecule has 7 heteroatoms. The molecule has 0 spiro atoms. The Labute approximate surface area is 94.2 Å². The highest BCUT2D eigenvalue weighted by molar-refractivity contribution is 6.29. The van der Waals surface area contributed by atoms with Crippen LogP contribution in [-0.2, 0) is 22.1 Å². The van der Waals surface area contributed by atoms with Crippen LogP contribution in [0.2, 0.25) is 5.15 Å². The Balaban J connectivity index is 3.13. The summed E-state index contributed by atoms with van der Waals surface area (Å²) < 4.78 is 41.8. The summed E-state index contributed by atoms with van der Waals surface area (Å²) in [5, 5.41) is -0.277. The molecule has 1 heterocycles. The maximum Gasteiger partial charge on any atom is 0.433 e. The number of rotatable bonds is 2. The zero-order valence-electron chi connectivity index (χ0n) is 8.14. The lowest BCUT2D eigenvalue weighted by Gasteiger charge is -2.10. The molecule has 1 aromatic rings. The highest BCUT2D eigenvalue weighted by Gasteiger charge is 2.36. The van der Waals surface area contributed by atoms with E-state index in [4.69, 9.17) is 11.6 Å². The van der Waals surface area contributed by atoms with E-state index in [1.807, 2.05) is 0 Å². The first-order chi connectivity index (χ1) is 7.34. The largest absolute Gasteiger partial charge is 0.469 e. The fourth-order valence-corrected chi connectivity index (χ4v) is 1.23. The molecule has 1 aromatic heterocycles. The van der Waals surface area contributed by atoms with Crippen molar-refractivity contribution in [2.75, 3.05) is 7.11 Å². The Kier molecular flexibility index (Phi) is 3.74. The van der Waals surface area contributed by atoms with Crippen LogP contribution in [0.25, 0.3) is 0 Å². The zero-order valence-corrected chi connectivity index (χ0v) is 8.89. The topological polar surface area (TPSA) is 39.2 Å². The number of alkyl halides is 3. The van der Waals surface area contributed by atoms with Crippen molar-refractivity contribution in [3.63, 3.8) is 0 Å². The number of hydrogen-bond acceptors (Lipinski definition) is 3. The van der Waals surface area contributed by atoms with Gasteiger partial charge in [-0.3, -0.25) is 4.79 Å². The van der Waals surface area contributed by atoms with Crippen molar-refractivity contribution < 1.29 is 22.7 Å². The molecule has 0 aliphatic heterocycles. The normalized spacial score (nSPS) is 11.3. The van der Waals surface area contributed by atoms with Gasteiger partial charge in [0.2, 0.25) is 0 Å². The van der Waals surface area contributed by atoms with Crippen LogP contribution in [-0.4, -0.2) is 18.1 Å². The van der Waals surface area contributed by atoms with E-state index >= 15 is 0 Å². The second-order valence-electron chi connectivity index (χ2n) is 2.89. The van der Waals surface area contributed by atoms with Crippen LogP contribution in [0, 0.1) is 0 Å². The van der Waals surface area contributed by atoms with E-state index in [1.165, 1.54) is 6.07 Å². The van der Waals surface area contributed by atoms with Crippen molar-refractivity contribution in [1.29, 1.82) is 0 Å². The fourth-order valence-electron chi connectivity index (χ4n) is 1.08. The molecule has 0 aliphatic carbocycles. The van der Waals surface area contributed by atoms with Crippen molar-refractivity contribution in [2.24, 2.45) is 0 Å². The summed E-state index contributed by atoms with van der Waals surface area (Å²) in [7, 11) is 1.10. The SMILES string of the molecule is COC(=O)Cc1ccc(Cl)nc1C(F)(F)F. The minimum absolute atomic E-state index is 0.260. The second kappa shape index (κ2) is 4.69. The molecule has 0 unspecified atom stereocenters. The van der Waals surface area contributed by atoms with Gasteiger partial charge in [-0.1, -0.05) is 17.7 Å². The van der Waals surface area contributed by atoms with Crippen LogP contribution in [0.4, 0.5) is 13.2 Å². The molecule has 0 bridgehead atoms. The number of pyridine rings is 1. The number of carbonyl (C=O) groups excluding carboxylic acids is 1. The monoisotopic (exact) mass is 253 g/mol. The summed E-state index contributed by atoms with van der Waals surface area (Å²) in [4.78, 5) is 14.1. The van der Waals surface area contributed by atoms with Gasteiger partial charge in [0.1, 0.15) is 10.8 Å². The predicted molar refractivity (Wildman–Crippen MR) is 50.0 cm³/mol. The quantitative estimate of drug-likeness (QED) is 0.600. The summed E-state index contributed by atoms with van der Waals surface area (Å²) in [6.07, 6.45) is -5.14. The first-order valence-electron chi connectivity index (χ1n) is 4.14. The van der Waals surface area contributed by atoms with Crippen LogP contribution in [0.3, 0.4) is 0 Å². The van der Waals surface area contributed by atoms with Gasteiger partial charge >= 0.3 is 12.1 Å². The third kappa shape index (κ3) is 3.10. The number of methoxy groups -OCH3 is 1. The van der Waals surface area contributed by atoms with Crippen LogP contribution in [0.1, 0.15) is 11.3 Å². The number of nitrogens with zero attached hydrogens (tertiary/aromatic N) is 1. The Morgan fingerprint density at radius 3 is 2.62 bits per heavy atom. The molecule has 0 amide bonds. The molecule has 0 fully saturated rings. The molecule has 0 aromatic carbocycles. The number of ether oxygens (including phenoxy) is 1. The van der Waals surface area contributed by atoms with Crippen LogP contribution in [0.5, 0.6) is 0 Å². The fraction of sp³-hybridized carbons (Fsp3) is 0.333. The molecule has 1 rings (SSSR count). The standard InChI is InChI=1S/C9H7ClF3NO2/c1-16-7(15)4-5-2-3-6(10)14-8(5)9(11,12)13/h2-3H,4H2,1H3. The smallest absolute Gasteiger partial charge is 0.433 e. The molecule has 0 saturated carbocycles. The molecule has 88 valence electrons. The number of halogens is 4. The summed E-state index contributed by atoms with van der Waals surface area (Å²) in [5.74, 6) is -0.769. The molecular formula is C9H7ClF3NO2. The van der Waals surface area contributed by atoms with E-state index in [2.05, 4.69) is 9.72 Å². The van der Waals surface area contributed by atoms with Gasteiger partial charge in [-0.05, 0) is 11.6 Å². The van der Waals surface area contributed by atoms with Gasteiger partial charge in [0.25, 0.3) is 0 Å². The average Bonchev–Trinajstić information content (AvgIpc) is 2.19. The highest BCUT2D eigenvalue weighted by Crippen LogP contribution is 2.31. The van der Waals surface area contributed by atoms with E-state index in [1.54, 1.807) is 0 Å². The molecule has 3 nitrogen and oxygen atoms in total. The van der Waals surface area contributed by atoms with Gasteiger partial charge in [-0.2, -0.15) is 13.2 Å². The van der Waals surface area contributed by atoms with Crippen LogP contribution in [0.15, 0.2) is 12.1 Å². The zero-order chi connectivity index (χ0) is 12.3. The molecule has 16 heavy (non-hydrogen) atoms. The summed E-state index contributed by atoms with van der Waals surface area (Å²) in [6, 6.07) is 2.30.